The first-order valence-corrected chi connectivity index (χ1v) is 5.67. The fourth-order valence-corrected chi connectivity index (χ4v) is 2.51. The number of carbonyl (C=O) groups is 1. The van der Waals surface area contributed by atoms with Crippen LogP contribution >= 0.6 is 11.6 Å². The van der Waals surface area contributed by atoms with Gasteiger partial charge in [0.15, 0.2) is 5.78 Å². The molecular formula is C12H15ClN2O. The lowest BCUT2D eigenvalue weighted by molar-refractivity contribution is -0.118. The average Bonchev–Trinajstić information content (AvgIpc) is 2.61. The van der Waals surface area contributed by atoms with Crippen molar-refractivity contribution >= 4 is 23.1 Å². The highest BCUT2D eigenvalue weighted by atomic mass is 35.5. The zero-order valence-corrected chi connectivity index (χ0v) is 10.2. The Hall–Kier alpha value is -1.06. The highest BCUT2D eigenvalue weighted by Crippen LogP contribution is 2.37. The molecule has 16 heavy (non-hydrogen) atoms. The summed E-state index contributed by atoms with van der Waals surface area (Å²) in [4.78, 5) is 13.7. The monoisotopic (exact) mass is 238 g/mol. The highest BCUT2D eigenvalue weighted by Gasteiger charge is 2.32. The first-order chi connectivity index (χ1) is 7.56. The van der Waals surface area contributed by atoms with Crippen molar-refractivity contribution in [2.24, 2.45) is 5.73 Å². The maximum Gasteiger partial charge on any atom is 0.169 e. The summed E-state index contributed by atoms with van der Waals surface area (Å²) in [5, 5.41) is 0.742. The number of halogens is 1. The summed E-state index contributed by atoms with van der Waals surface area (Å²) >= 11 is 6.08. The van der Waals surface area contributed by atoms with E-state index in [1.54, 1.807) is 0 Å². The van der Waals surface area contributed by atoms with E-state index in [1.807, 2.05) is 31.0 Å². The zero-order chi connectivity index (χ0) is 11.9. The number of rotatable bonds is 2. The molecule has 0 radical (unpaired) electrons. The topological polar surface area (TPSA) is 46.3 Å². The number of benzene rings is 1. The van der Waals surface area contributed by atoms with Crippen molar-refractivity contribution in [1.82, 2.24) is 0 Å². The van der Waals surface area contributed by atoms with Gasteiger partial charge in [0.25, 0.3) is 0 Å². The van der Waals surface area contributed by atoms with E-state index in [4.69, 9.17) is 17.3 Å². The van der Waals surface area contributed by atoms with E-state index < -0.39 is 0 Å². The quantitative estimate of drug-likeness (QED) is 0.850. The van der Waals surface area contributed by atoms with Gasteiger partial charge in [-0.15, -0.1) is 0 Å². The van der Waals surface area contributed by atoms with Crippen molar-refractivity contribution in [3.8, 4) is 0 Å². The third kappa shape index (κ3) is 1.60. The van der Waals surface area contributed by atoms with Gasteiger partial charge in [0.2, 0.25) is 0 Å². The third-order valence-corrected chi connectivity index (χ3v) is 3.66. The Morgan fingerprint density at radius 1 is 1.62 bits per heavy atom. The maximum atomic E-state index is 11.7. The molecule has 0 aromatic heterocycles. The van der Waals surface area contributed by atoms with E-state index in [0.717, 1.165) is 22.7 Å². The van der Waals surface area contributed by atoms with Gasteiger partial charge in [-0.2, -0.15) is 0 Å². The van der Waals surface area contributed by atoms with E-state index in [0.29, 0.717) is 0 Å². The number of likely N-dealkylation sites (N-methyl/N-ethyl adjacent to an activating group) is 1. The van der Waals surface area contributed by atoms with Gasteiger partial charge in [0.1, 0.15) is 0 Å². The number of hydrogen-bond donors (Lipinski definition) is 1. The minimum absolute atomic E-state index is 0.0780. The number of nitrogens with zero attached hydrogens (tertiary/aromatic N) is 1. The molecule has 0 saturated heterocycles. The van der Waals surface area contributed by atoms with Gasteiger partial charge in [-0.25, -0.2) is 0 Å². The van der Waals surface area contributed by atoms with Gasteiger partial charge in [-0.05, 0) is 24.1 Å². The first-order valence-electron chi connectivity index (χ1n) is 5.30. The Bertz CT molecular complexity index is 445. The van der Waals surface area contributed by atoms with Crippen molar-refractivity contribution in [3.05, 3.63) is 28.3 Å². The summed E-state index contributed by atoms with van der Waals surface area (Å²) in [6.07, 6.45) is 0.736. The number of carbonyl (C=O) groups excluding carboxylic acids is 1. The van der Waals surface area contributed by atoms with Crippen LogP contribution in [0.3, 0.4) is 0 Å². The first kappa shape index (κ1) is 11.4. The van der Waals surface area contributed by atoms with Gasteiger partial charge in [0.05, 0.1) is 12.6 Å². The van der Waals surface area contributed by atoms with E-state index in [1.165, 1.54) is 5.56 Å². The number of ketones is 1. The Kier molecular flexibility index (Phi) is 2.91. The third-order valence-electron chi connectivity index (χ3n) is 3.25. The second-order valence-corrected chi connectivity index (χ2v) is 4.59. The zero-order valence-electron chi connectivity index (χ0n) is 9.46. The number of anilines is 1. The molecule has 1 atom stereocenters. The molecule has 4 heteroatoms. The highest BCUT2D eigenvalue weighted by molar-refractivity contribution is 6.31. The number of hydrogen-bond acceptors (Lipinski definition) is 3. The van der Waals surface area contributed by atoms with Crippen LogP contribution in [-0.2, 0) is 11.2 Å². The summed E-state index contributed by atoms with van der Waals surface area (Å²) in [5.74, 6) is 0.0780. The molecule has 0 amide bonds. The lowest BCUT2D eigenvalue weighted by Gasteiger charge is -2.22. The minimum Gasteiger partial charge on any atom is -0.364 e. The summed E-state index contributed by atoms with van der Waals surface area (Å²) in [6.45, 7) is 2.07. The molecule has 1 aliphatic heterocycles. The Morgan fingerprint density at radius 2 is 2.31 bits per heavy atom. The lowest BCUT2D eigenvalue weighted by atomic mass is 10.1. The molecule has 0 saturated carbocycles. The molecule has 0 spiro atoms. The summed E-state index contributed by atoms with van der Waals surface area (Å²) in [5.41, 5.74) is 8.71. The molecule has 1 aromatic rings. The SMILES string of the molecule is Cc1c(Cl)ccc2c1N(C)C(C(=O)CN)C2. The second kappa shape index (κ2) is 4.07. The number of Topliss-reactive ketones (excluding diaryl/α,β-unsaturated/α-hetero) is 1. The van der Waals surface area contributed by atoms with Crippen LogP contribution in [0.15, 0.2) is 12.1 Å². The Morgan fingerprint density at radius 3 is 2.94 bits per heavy atom. The molecule has 0 aliphatic carbocycles. The summed E-state index contributed by atoms with van der Waals surface area (Å²) in [6, 6.07) is 3.75. The average molecular weight is 239 g/mol. The van der Waals surface area contributed by atoms with Gasteiger partial charge >= 0.3 is 0 Å². The summed E-state index contributed by atoms with van der Waals surface area (Å²) in [7, 11) is 1.92. The fraction of sp³-hybridized carbons (Fsp3) is 0.417. The van der Waals surface area contributed by atoms with Crippen LogP contribution in [0, 0.1) is 6.92 Å². The van der Waals surface area contributed by atoms with Crippen LogP contribution in [-0.4, -0.2) is 25.4 Å². The molecule has 1 aromatic carbocycles. The van der Waals surface area contributed by atoms with Crippen LogP contribution < -0.4 is 10.6 Å². The second-order valence-electron chi connectivity index (χ2n) is 4.18. The molecule has 1 unspecified atom stereocenters. The molecule has 3 nitrogen and oxygen atoms in total. The molecule has 2 rings (SSSR count). The van der Waals surface area contributed by atoms with Gasteiger partial charge in [0, 0.05) is 24.2 Å². The number of fused-ring (bicyclic) bond motifs is 1. The van der Waals surface area contributed by atoms with Crippen LogP contribution in [0.2, 0.25) is 5.02 Å². The summed E-state index contributed by atoms with van der Waals surface area (Å²) < 4.78 is 0. The Labute approximate surface area is 100 Å². The van der Waals surface area contributed by atoms with E-state index in [2.05, 4.69) is 0 Å². The van der Waals surface area contributed by atoms with E-state index in [-0.39, 0.29) is 18.4 Å². The smallest absolute Gasteiger partial charge is 0.169 e. The van der Waals surface area contributed by atoms with E-state index >= 15 is 0 Å². The van der Waals surface area contributed by atoms with Crippen molar-refractivity contribution in [2.45, 2.75) is 19.4 Å². The van der Waals surface area contributed by atoms with Crippen LogP contribution in [0.4, 0.5) is 5.69 Å². The number of nitrogens with two attached hydrogens (primary N) is 1. The van der Waals surface area contributed by atoms with Crippen molar-refractivity contribution in [3.63, 3.8) is 0 Å². The predicted octanol–water partition coefficient (Wildman–Crippen LogP) is 1.54. The van der Waals surface area contributed by atoms with Crippen molar-refractivity contribution in [1.29, 1.82) is 0 Å². The molecule has 1 aliphatic rings. The molecule has 0 fully saturated rings. The molecular weight excluding hydrogens is 224 g/mol. The standard InChI is InChI=1S/C12H15ClN2O/c1-7-9(13)4-3-8-5-10(11(16)6-14)15(2)12(7)8/h3-4,10H,5-6,14H2,1-2H3. The largest absolute Gasteiger partial charge is 0.364 e. The van der Waals surface area contributed by atoms with Crippen LogP contribution in [0.5, 0.6) is 0 Å². The van der Waals surface area contributed by atoms with Crippen LogP contribution in [0.25, 0.3) is 0 Å². The van der Waals surface area contributed by atoms with Crippen LogP contribution in [0.1, 0.15) is 11.1 Å². The van der Waals surface area contributed by atoms with Crippen molar-refractivity contribution < 1.29 is 4.79 Å². The lowest BCUT2D eigenvalue weighted by Crippen LogP contribution is -2.39. The predicted molar refractivity (Wildman–Crippen MR) is 66.1 cm³/mol. The van der Waals surface area contributed by atoms with Gasteiger partial charge in [-0.3, -0.25) is 4.79 Å². The maximum absolute atomic E-state index is 11.7. The van der Waals surface area contributed by atoms with E-state index in [9.17, 15) is 4.79 Å². The minimum atomic E-state index is -0.128. The van der Waals surface area contributed by atoms with Gasteiger partial charge < -0.3 is 10.6 Å². The fourth-order valence-electron chi connectivity index (χ4n) is 2.35. The normalized spacial score (nSPS) is 18.8. The molecule has 0 bridgehead atoms. The van der Waals surface area contributed by atoms with Gasteiger partial charge in [-0.1, -0.05) is 17.7 Å². The Balaban J connectivity index is 2.43. The molecule has 2 N–H and O–H groups in total. The molecule has 1 heterocycles. The molecule has 86 valence electrons. The van der Waals surface area contributed by atoms with Crippen molar-refractivity contribution in [2.75, 3.05) is 18.5 Å².